The Labute approximate surface area is 140 Å². The summed E-state index contributed by atoms with van der Waals surface area (Å²) >= 11 is 0. The topological polar surface area (TPSA) is 51.3 Å². The van der Waals surface area contributed by atoms with Crippen molar-refractivity contribution in [1.82, 2.24) is 14.7 Å². The number of para-hydroxylation sites is 1. The molecule has 0 bridgehead atoms. The molecule has 0 N–H and O–H groups in total. The van der Waals surface area contributed by atoms with Gasteiger partial charge < -0.3 is 9.32 Å². The lowest BCUT2D eigenvalue weighted by atomic mass is 10.0. The highest BCUT2D eigenvalue weighted by molar-refractivity contribution is 5.98. The molecule has 3 aromatic rings. The monoisotopic (exact) mass is 323 g/mol. The maximum Gasteiger partial charge on any atom is 0.289 e. The molecule has 1 atom stereocenters. The minimum atomic E-state index is -0.0164. The van der Waals surface area contributed by atoms with E-state index in [-0.39, 0.29) is 11.9 Å². The molecule has 0 aliphatic carbocycles. The summed E-state index contributed by atoms with van der Waals surface area (Å²) in [4.78, 5) is 14.9. The van der Waals surface area contributed by atoms with Crippen LogP contribution >= 0.6 is 0 Å². The van der Waals surface area contributed by atoms with Crippen LogP contribution in [0.15, 0.2) is 41.1 Å². The zero-order chi connectivity index (χ0) is 16.7. The Morgan fingerprint density at radius 2 is 2.12 bits per heavy atom. The summed E-state index contributed by atoms with van der Waals surface area (Å²) in [5, 5.41) is 5.42. The molecule has 1 aliphatic rings. The summed E-state index contributed by atoms with van der Waals surface area (Å²) in [7, 11) is 0. The van der Waals surface area contributed by atoms with E-state index in [9.17, 15) is 4.79 Å². The lowest BCUT2D eigenvalue weighted by molar-refractivity contribution is 0.0642. The number of furan rings is 1. The van der Waals surface area contributed by atoms with E-state index in [0.717, 1.165) is 41.5 Å². The molecule has 1 fully saturated rings. The number of hydrogen-bond acceptors (Lipinski definition) is 3. The Morgan fingerprint density at radius 3 is 2.88 bits per heavy atom. The summed E-state index contributed by atoms with van der Waals surface area (Å²) in [6.45, 7) is 5.44. The van der Waals surface area contributed by atoms with Gasteiger partial charge >= 0.3 is 0 Å². The SMILES string of the molecule is Cc1cnn(C2CCCN(C(=O)c3oc4ccccc4c3C)C2)c1. The van der Waals surface area contributed by atoms with Gasteiger partial charge in [0.2, 0.25) is 0 Å². The largest absolute Gasteiger partial charge is 0.451 e. The fourth-order valence-corrected chi connectivity index (χ4v) is 3.51. The van der Waals surface area contributed by atoms with E-state index in [1.165, 1.54) is 0 Å². The number of fused-ring (bicyclic) bond motifs is 1. The Bertz CT molecular complexity index is 893. The van der Waals surface area contributed by atoms with Crippen LogP contribution in [0.25, 0.3) is 11.0 Å². The van der Waals surface area contributed by atoms with Gasteiger partial charge in [-0.1, -0.05) is 18.2 Å². The van der Waals surface area contributed by atoms with Gasteiger partial charge in [0.25, 0.3) is 5.91 Å². The number of aryl methyl sites for hydroxylation is 2. The highest BCUT2D eigenvalue weighted by Gasteiger charge is 2.29. The first kappa shape index (κ1) is 15.0. The van der Waals surface area contributed by atoms with E-state index < -0.39 is 0 Å². The Kier molecular flexibility index (Phi) is 3.63. The van der Waals surface area contributed by atoms with Gasteiger partial charge in [0.15, 0.2) is 5.76 Å². The number of rotatable bonds is 2. The van der Waals surface area contributed by atoms with Crippen LogP contribution in [0, 0.1) is 13.8 Å². The van der Waals surface area contributed by atoms with Crippen LogP contribution in [-0.4, -0.2) is 33.7 Å². The highest BCUT2D eigenvalue weighted by Crippen LogP contribution is 2.28. The molecule has 5 nitrogen and oxygen atoms in total. The van der Waals surface area contributed by atoms with Gasteiger partial charge in [-0.2, -0.15) is 5.10 Å². The van der Waals surface area contributed by atoms with Gasteiger partial charge in [-0.15, -0.1) is 0 Å². The van der Waals surface area contributed by atoms with Crippen molar-refractivity contribution < 1.29 is 9.21 Å². The second kappa shape index (κ2) is 5.82. The number of likely N-dealkylation sites (tertiary alicyclic amines) is 1. The molecule has 1 unspecified atom stereocenters. The van der Waals surface area contributed by atoms with Crippen LogP contribution in [0.4, 0.5) is 0 Å². The first-order valence-electron chi connectivity index (χ1n) is 8.41. The number of amides is 1. The Morgan fingerprint density at radius 1 is 1.29 bits per heavy atom. The smallest absolute Gasteiger partial charge is 0.289 e. The van der Waals surface area contributed by atoms with E-state index >= 15 is 0 Å². The molecule has 1 aromatic carbocycles. The van der Waals surface area contributed by atoms with Crippen molar-refractivity contribution in [3.05, 3.63) is 53.5 Å². The third-order valence-electron chi connectivity index (χ3n) is 4.83. The number of carbonyl (C=O) groups is 1. The summed E-state index contributed by atoms with van der Waals surface area (Å²) in [6.07, 6.45) is 5.94. The maximum absolute atomic E-state index is 13.0. The molecule has 4 rings (SSSR count). The van der Waals surface area contributed by atoms with E-state index in [2.05, 4.69) is 5.10 Å². The number of carbonyl (C=O) groups excluding carboxylic acids is 1. The van der Waals surface area contributed by atoms with Crippen molar-refractivity contribution in [3.8, 4) is 0 Å². The third kappa shape index (κ3) is 2.50. The van der Waals surface area contributed by atoms with Crippen LogP contribution in [0.2, 0.25) is 0 Å². The first-order chi connectivity index (χ1) is 11.6. The van der Waals surface area contributed by atoms with Crippen LogP contribution in [0.5, 0.6) is 0 Å². The maximum atomic E-state index is 13.0. The number of aromatic nitrogens is 2. The van der Waals surface area contributed by atoms with Gasteiger partial charge in [-0.25, -0.2) is 0 Å². The van der Waals surface area contributed by atoms with Crippen LogP contribution in [0.3, 0.4) is 0 Å². The number of nitrogens with zero attached hydrogens (tertiary/aromatic N) is 3. The molecular weight excluding hydrogens is 302 g/mol. The number of piperidine rings is 1. The molecule has 0 radical (unpaired) electrons. The minimum Gasteiger partial charge on any atom is -0.451 e. The predicted molar refractivity (Wildman–Crippen MR) is 92.1 cm³/mol. The van der Waals surface area contributed by atoms with Crippen molar-refractivity contribution >= 4 is 16.9 Å². The van der Waals surface area contributed by atoms with Gasteiger partial charge in [-0.05, 0) is 38.3 Å². The van der Waals surface area contributed by atoms with Crippen molar-refractivity contribution in [2.75, 3.05) is 13.1 Å². The van der Waals surface area contributed by atoms with Crippen molar-refractivity contribution in [1.29, 1.82) is 0 Å². The van der Waals surface area contributed by atoms with Gasteiger partial charge in [0, 0.05) is 30.2 Å². The van der Waals surface area contributed by atoms with E-state index in [0.29, 0.717) is 12.3 Å². The molecule has 2 aromatic heterocycles. The highest BCUT2D eigenvalue weighted by atomic mass is 16.3. The summed E-state index contributed by atoms with van der Waals surface area (Å²) in [5.74, 6) is 0.450. The average Bonchev–Trinajstić information content (AvgIpc) is 3.19. The molecular formula is C19H21N3O2. The molecule has 0 spiro atoms. The summed E-state index contributed by atoms with van der Waals surface area (Å²) in [5.41, 5.74) is 2.84. The first-order valence-corrected chi connectivity index (χ1v) is 8.41. The van der Waals surface area contributed by atoms with Crippen LogP contribution in [-0.2, 0) is 0 Å². The lowest BCUT2D eigenvalue weighted by Gasteiger charge is -2.32. The van der Waals surface area contributed by atoms with E-state index in [1.54, 1.807) is 0 Å². The molecule has 5 heteroatoms. The normalized spacial score (nSPS) is 18.2. The number of hydrogen-bond donors (Lipinski definition) is 0. The van der Waals surface area contributed by atoms with Gasteiger partial charge in [0.05, 0.1) is 12.2 Å². The molecule has 3 heterocycles. The van der Waals surface area contributed by atoms with Crippen LogP contribution in [0.1, 0.15) is 40.6 Å². The summed E-state index contributed by atoms with van der Waals surface area (Å²) < 4.78 is 7.83. The standard InChI is InChI=1S/C19H21N3O2/c1-13-10-20-22(11-13)15-6-5-9-21(12-15)19(23)18-14(2)16-7-3-4-8-17(16)24-18/h3-4,7-8,10-11,15H,5-6,9,12H2,1-2H3. The molecule has 124 valence electrons. The minimum absolute atomic E-state index is 0.0164. The fraction of sp³-hybridized carbons (Fsp3) is 0.368. The molecule has 0 saturated carbocycles. The van der Waals surface area contributed by atoms with Gasteiger partial charge in [-0.3, -0.25) is 9.48 Å². The van der Waals surface area contributed by atoms with Crippen molar-refractivity contribution in [2.24, 2.45) is 0 Å². The molecule has 1 aliphatic heterocycles. The quantitative estimate of drug-likeness (QED) is 0.722. The molecule has 1 saturated heterocycles. The van der Waals surface area contributed by atoms with E-state index in [4.69, 9.17) is 4.42 Å². The lowest BCUT2D eigenvalue weighted by Crippen LogP contribution is -2.40. The second-order valence-electron chi connectivity index (χ2n) is 6.60. The Hall–Kier alpha value is -2.56. The summed E-state index contributed by atoms with van der Waals surface area (Å²) in [6, 6.07) is 8.04. The number of benzene rings is 1. The zero-order valence-corrected chi connectivity index (χ0v) is 14.0. The van der Waals surface area contributed by atoms with E-state index in [1.807, 2.05) is 60.1 Å². The van der Waals surface area contributed by atoms with Gasteiger partial charge in [0.1, 0.15) is 5.58 Å². The average molecular weight is 323 g/mol. The second-order valence-corrected chi connectivity index (χ2v) is 6.60. The van der Waals surface area contributed by atoms with Crippen LogP contribution < -0.4 is 0 Å². The zero-order valence-electron chi connectivity index (χ0n) is 14.0. The third-order valence-corrected chi connectivity index (χ3v) is 4.83. The van der Waals surface area contributed by atoms with Crippen molar-refractivity contribution in [2.45, 2.75) is 32.7 Å². The van der Waals surface area contributed by atoms with Crippen molar-refractivity contribution in [3.63, 3.8) is 0 Å². The molecule has 24 heavy (non-hydrogen) atoms. The Balaban J connectivity index is 1.60. The predicted octanol–water partition coefficient (Wildman–Crippen LogP) is 3.72. The molecule has 1 amide bonds. The fourth-order valence-electron chi connectivity index (χ4n) is 3.51.